The Bertz CT molecular complexity index is 1060. The van der Waals surface area contributed by atoms with Gasteiger partial charge in [-0.3, -0.25) is 14.5 Å². The lowest BCUT2D eigenvalue weighted by Gasteiger charge is -2.26. The Morgan fingerprint density at radius 1 is 0.692 bits per heavy atom. The highest BCUT2D eigenvalue weighted by molar-refractivity contribution is 6.30. The van der Waals surface area contributed by atoms with E-state index in [-0.39, 0.29) is 22.7 Å². The zero-order chi connectivity index (χ0) is 18.3. The molecule has 3 aromatic rings. The Hall–Kier alpha value is -3.73. The van der Waals surface area contributed by atoms with E-state index in [9.17, 15) is 14.4 Å². The van der Waals surface area contributed by atoms with Crippen LogP contribution in [0.4, 0.5) is 16.2 Å². The summed E-state index contributed by atoms with van der Waals surface area (Å²) in [6.45, 7) is 0. The Kier molecular flexibility index (Phi) is 3.62. The van der Waals surface area contributed by atoms with E-state index in [1.54, 1.807) is 66.7 Å². The Labute approximate surface area is 149 Å². The van der Waals surface area contributed by atoms with Crippen molar-refractivity contribution >= 4 is 29.0 Å². The van der Waals surface area contributed by atoms with Crippen molar-refractivity contribution in [2.45, 2.75) is 0 Å². The first kappa shape index (κ1) is 15.8. The highest BCUT2D eigenvalue weighted by atomic mass is 16.2. The molecular formula is C21H14N2O3. The van der Waals surface area contributed by atoms with Gasteiger partial charge in [0.1, 0.15) is 0 Å². The quantitative estimate of drug-likeness (QED) is 0.603. The third kappa shape index (κ3) is 2.29. The normalized spacial score (nSPS) is 12.3. The molecular weight excluding hydrogens is 328 g/mol. The molecule has 0 aliphatic heterocycles. The number of nitrogens with two attached hydrogens (primary N) is 1. The molecule has 0 radical (unpaired) electrons. The molecule has 1 aliphatic rings. The first-order chi connectivity index (χ1) is 12.6. The van der Waals surface area contributed by atoms with E-state index in [4.69, 9.17) is 5.73 Å². The summed E-state index contributed by atoms with van der Waals surface area (Å²) in [6, 6.07) is 19.6. The van der Waals surface area contributed by atoms with Crippen LogP contribution in [0.25, 0.3) is 0 Å². The van der Waals surface area contributed by atoms with E-state index in [0.29, 0.717) is 22.5 Å². The molecule has 0 saturated carbocycles. The predicted octanol–water partition coefficient (Wildman–Crippen LogP) is 3.68. The van der Waals surface area contributed by atoms with Gasteiger partial charge in [-0.15, -0.1) is 0 Å². The molecule has 5 heteroatoms. The number of nitrogens with zero attached hydrogens (tertiary/aromatic N) is 1. The first-order valence-electron chi connectivity index (χ1n) is 8.05. The molecule has 0 bridgehead atoms. The Morgan fingerprint density at radius 2 is 1.27 bits per heavy atom. The second kappa shape index (κ2) is 5.97. The number of benzene rings is 3. The standard InChI is InChI=1S/C21H14N2O3/c22-21(26)23(13-7-2-1-3-8-13)17-12-6-11-16-18(17)20(25)15-10-5-4-9-14(15)19(16)24/h1-12H,(H2,22,26). The largest absolute Gasteiger partial charge is 0.351 e. The lowest BCUT2D eigenvalue weighted by Crippen LogP contribution is -2.34. The minimum atomic E-state index is -0.733. The summed E-state index contributed by atoms with van der Waals surface area (Å²) in [4.78, 5) is 39.4. The van der Waals surface area contributed by atoms with Gasteiger partial charge in [0.2, 0.25) is 0 Å². The van der Waals surface area contributed by atoms with E-state index in [1.165, 1.54) is 4.90 Å². The van der Waals surface area contributed by atoms with Crippen LogP contribution in [0.3, 0.4) is 0 Å². The molecule has 0 saturated heterocycles. The number of amides is 2. The number of anilines is 2. The number of ketones is 2. The van der Waals surface area contributed by atoms with Gasteiger partial charge in [0, 0.05) is 16.7 Å². The van der Waals surface area contributed by atoms with Gasteiger partial charge in [0.15, 0.2) is 11.6 Å². The van der Waals surface area contributed by atoms with Crippen molar-refractivity contribution in [1.29, 1.82) is 0 Å². The van der Waals surface area contributed by atoms with Crippen LogP contribution in [0.1, 0.15) is 31.8 Å². The lowest BCUT2D eigenvalue weighted by atomic mass is 9.83. The molecule has 0 unspecified atom stereocenters. The highest BCUT2D eigenvalue weighted by Crippen LogP contribution is 2.36. The van der Waals surface area contributed by atoms with Crippen LogP contribution in [-0.4, -0.2) is 17.6 Å². The predicted molar refractivity (Wildman–Crippen MR) is 97.9 cm³/mol. The van der Waals surface area contributed by atoms with Gasteiger partial charge in [-0.2, -0.15) is 0 Å². The van der Waals surface area contributed by atoms with Crippen LogP contribution in [0.15, 0.2) is 72.8 Å². The summed E-state index contributed by atoms with van der Waals surface area (Å²) in [6.07, 6.45) is 0. The summed E-state index contributed by atoms with van der Waals surface area (Å²) >= 11 is 0. The van der Waals surface area contributed by atoms with Crippen molar-refractivity contribution in [2.75, 3.05) is 4.90 Å². The molecule has 0 fully saturated rings. The number of urea groups is 1. The minimum absolute atomic E-state index is 0.193. The van der Waals surface area contributed by atoms with Crippen LogP contribution in [0, 0.1) is 0 Å². The molecule has 1 aliphatic carbocycles. The molecule has 3 aromatic carbocycles. The van der Waals surface area contributed by atoms with E-state index >= 15 is 0 Å². The zero-order valence-electron chi connectivity index (χ0n) is 13.7. The van der Waals surface area contributed by atoms with E-state index in [0.717, 1.165) is 0 Å². The van der Waals surface area contributed by atoms with Gasteiger partial charge in [-0.25, -0.2) is 4.79 Å². The van der Waals surface area contributed by atoms with Gasteiger partial charge in [0.25, 0.3) is 0 Å². The molecule has 0 spiro atoms. The van der Waals surface area contributed by atoms with Crippen LogP contribution in [0.5, 0.6) is 0 Å². The maximum atomic E-state index is 13.1. The number of para-hydroxylation sites is 1. The van der Waals surface area contributed by atoms with Gasteiger partial charge >= 0.3 is 6.03 Å². The summed E-state index contributed by atoms with van der Waals surface area (Å²) < 4.78 is 0. The third-order valence-corrected chi connectivity index (χ3v) is 4.41. The fourth-order valence-corrected chi connectivity index (χ4v) is 3.28. The van der Waals surface area contributed by atoms with Gasteiger partial charge in [0.05, 0.1) is 16.9 Å². The van der Waals surface area contributed by atoms with Crippen molar-refractivity contribution in [1.82, 2.24) is 0 Å². The monoisotopic (exact) mass is 342 g/mol. The smallest absolute Gasteiger partial charge is 0.323 e. The Balaban J connectivity index is 1.97. The summed E-state index contributed by atoms with van der Waals surface area (Å²) in [5.41, 5.74) is 7.58. The number of primary amides is 1. The SMILES string of the molecule is NC(=O)N(c1ccccc1)c1cccc2c1C(=O)c1ccccc1C2=O. The fourth-order valence-electron chi connectivity index (χ4n) is 3.28. The van der Waals surface area contributed by atoms with E-state index < -0.39 is 6.03 Å². The maximum absolute atomic E-state index is 13.1. The van der Waals surface area contributed by atoms with Crippen molar-refractivity contribution < 1.29 is 14.4 Å². The topological polar surface area (TPSA) is 80.5 Å². The summed E-state index contributed by atoms with van der Waals surface area (Å²) in [5, 5.41) is 0. The van der Waals surface area contributed by atoms with Crippen molar-refractivity contribution in [3.05, 3.63) is 95.1 Å². The van der Waals surface area contributed by atoms with Crippen molar-refractivity contribution in [3.63, 3.8) is 0 Å². The molecule has 0 aromatic heterocycles. The second-order valence-corrected chi connectivity index (χ2v) is 5.91. The van der Waals surface area contributed by atoms with Crippen LogP contribution in [-0.2, 0) is 0 Å². The van der Waals surface area contributed by atoms with Crippen LogP contribution in [0.2, 0.25) is 0 Å². The highest BCUT2D eigenvalue weighted by Gasteiger charge is 2.33. The van der Waals surface area contributed by atoms with Crippen molar-refractivity contribution in [3.8, 4) is 0 Å². The first-order valence-corrected chi connectivity index (χ1v) is 8.05. The minimum Gasteiger partial charge on any atom is -0.351 e. The van der Waals surface area contributed by atoms with E-state index in [1.807, 2.05) is 6.07 Å². The van der Waals surface area contributed by atoms with Gasteiger partial charge in [-0.05, 0) is 18.2 Å². The second-order valence-electron chi connectivity index (χ2n) is 5.91. The molecule has 2 amide bonds. The number of carbonyl (C=O) groups excluding carboxylic acids is 3. The third-order valence-electron chi connectivity index (χ3n) is 4.41. The lowest BCUT2D eigenvalue weighted by molar-refractivity contribution is 0.0979. The van der Waals surface area contributed by atoms with Gasteiger partial charge < -0.3 is 5.73 Å². The summed E-state index contributed by atoms with van der Waals surface area (Å²) in [7, 11) is 0. The molecule has 0 heterocycles. The molecule has 26 heavy (non-hydrogen) atoms. The molecule has 4 rings (SSSR count). The van der Waals surface area contributed by atoms with Crippen LogP contribution >= 0.6 is 0 Å². The number of fused-ring (bicyclic) bond motifs is 2. The number of hydrogen-bond acceptors (Lipinski definition) is 3. The average Bonchev–Trinajstić information content (AvgIpc) is 2.67. The maximum Gasteiger partial charge on any atom is 0.323 e. The number of rotatable bonds is 2. The summed E-state index contributed by atoms with van der Waals surface area (Å²) in [5.74, 6) is -0.539. The number of carbonyl (C=O) groups is 3. The van der Waals surface area contributed by atoms with Gasteiger partial charge in [-0.1, -0.05) is 54.6 Å². The van der Waals surface area contributed by atoms with Crippen molar-refractivity contribution in [2.24, 2.45) is 5.73 Å². The molecule has 126 valence electrons. The molecule has 2 N–H and O–H groups in total. The molecule has 5 nitrogen and oxygen atoms in total. The Morgan fingerprint density at radius 3 is 1.92 bits per heavy atom. The van der Waals surface area contributed by atoms with Crippen LogP contribution < -0.4 is 10.6 Å². The number of hydrogen-bond donors (Lipinski definition) is 1. The fraction of sp³-hybridized carbons (Fsp3) is 0. The molecule has 0 atom stereocenters. The van der Waals surface area contributed by atoms with E-state index in [2.05, 4.69) is 0 Å². The average molecular weight is 342 g/mol. The zero-order valence-corrected chi connectivity index (χ0v) is 13.7.